The summed E-state index contributed by atoms with van der Waals surface area (Å²) in [5.41, 5.74) is 3.42. The zero-order valence-corrected chi connectivity index (χ0v) is 17.5. The van der Waals surface area contributed by atoms with E-state index in [1.807, 2.05) is 0 Å². The van der Waals surface area contributed by atoms with Crippen molar-refractivity contribution in [2.24, 2.45) is 0 Å². The van der Waals surface area contributed by atoms with Crippen LogP contribution < -0.4 is 5.32 Å². The van der Waals surface area contributed by atoms with Crippen LogP contribution in [0.3, 0.4) is 0 Å². The first-order valence-corrected chi connectivity index (χ1v) is 9.94. The molecule has 1 aliphatic rings. The average molecular weight is 428 g/mol. The third-order valence-corrected chi connectivity index (χ3v) is 5.42. The Balaban J connectivity index is 1.47. The van der Waals surface area contributed by atoms with Crippen LogP contribution in [0.4, 0.5) is 5.69 Å². The number of amides is 3. The van der Waals surface area contributed by atoms with Crippen molar-refractivity contribution in [1.82, 2.24) is 4.90 Å². The van der Waals surface area contributed by atoms with Crippen LogP contribution in [0.2, 0.25) is 0 Å². The fourth-order valence-electron chi connectivity index (χ4n) is 3.62. The predicted molar refractivity (Wildman–Crippen MR) is 118 cm³/mol. The van der Waals surface area contributed by atoms with Gasteiger partial charge in [-0.15, -0.1) is 0 Å². The lowest BCUT2D eigenvalue weighted by Gasteiger charge is -2.14. The van der Waals surface area contributed by atoms with Gasteiger partial charge < -0.3 is 10.1 Å². The fraction of sp³-hybridized carbons (Fsp3) is 0.120. The summed E-state index contributed by atoms with van der Waals surface area (Å²) in [6.07, 6.45) is 0. The topological polar surface area (TPSA) is 92.8 Å². The highest BCUT2D eigenvalue weighted by atomic mass is 16.5. The maximum atomic E-state index is 12.7. The molecule has 1 aliphatic heterocycles. The van der Waals surface area contributed by atoms with Gasteiger partial charge in [-0.2, -0.15) is 0 Å². The van der Waals surface area contributed by atoms with Gasteiger partial charge in [-0.1, -0.05) is 30.3 Å². The second-order valence-electron chi connectivity index (χ2n) is 7.36. The number of nitrogens with zero attached hydrogens (tertiary/aromatic N) is 1. The number of ether oxygens (including phenoxy) is 1. The molecule has 3 aromatic rings. The Bertz CT molecular complexity index is 1210. The van der Waals surface area contributed by atoms with Crippen molar-refractivity contribution in [3.8, 4) is 0 Å². The zero-order chi connectivity index (χ0) is 22.8. The Labute approximate surface area is 184 Å². The number of methoxy groups -OCH3 is 1. The number of rotatable bonds is 5. The number of benzene rings is 3. The minimum Gasteiger partial charge on any atom is -0.465 e. The third-order valence-electron chi connectivity index (χ3n) is 5.42. The first-order valence-electron chi connectivity index (χ1n) is 9.94. The third kappa shape index (κ3) is 3.76. The van der Waals surface area contributed by atoms with Crippen molar-refractivity contribution < 1.29 is 23.9 Å². The molecule has 0 saturated heterocycles. The summed E-state index contributed by atoms with van der Waals surface area (Å²) in [5.74, 6) is -1.47. The highest BCUT2D eigenvalue weighted by molar-refractivity contribution is 6.21. The summed E-state index contributed by atoms with van der Waals surface area (Å²) >= 11 is 0. The highest BCUT2D eigenvalue weighted by Crippen LogP contribution is 2.25. The maximum Gasteiger partial charge on any atom is 0.338 e. The van der Waals surface area contributed by atoms with Crippen molar-refractivity contribution in [2.45, 2.75) is 13.5 Å². The van der Waals surface area contributed by atoms with E-state index in [-0.39, 0.29) is 24.3 Å². The highest BCUT2D eigenvalue weighted by Gasteiger charge is 2.34. The van der Waals surface area contributed by atoms with Crippen molar-refractivity contribution >= 4 is 29.4 Å². The number of imide groups is 1. The van der Waals surface area contributed by atoms with E-state index in [2.05, 4.69) is 5.32 Å². The minimum absolute atomic E-state index is 0.120. The zero-order valence-electron chi connectivity index (χ0n) is 17.5. The molecule has 1 N–H and O–H groups in total. The second-order valence-corrected chi connectivity index (χ2v) is 7.36. The van der Waals surface area contributed by atoms with Gasteiger partial charge >= 0.3 is 5.97 Å². The molecule has 0 radical (unpaired) electrons. The normalized spacial score (nSPS) is 12.5. The quantitative estimate of drug-likeness (QED) is 0.493. The number of hydrogen-bond donors (Lipinski definition) is 1. The van der Waals surface area contributed by atoms with E-state index >= 15 is 0 Å². The molecule has 32 heavy (non-hydrogen) atoms. The first-order chi connectivity index (χ1) is 15.4. The molecule has 0 unspecified atom stereocenters. The van der Waals surface area contributed by atoms with Gasteiger partial charge in [0.2, 0.25) is 0 Å². The Hall–Kier alpha value is -4.26. The van der Waals surface area contributed by atoms with Crippen molar-refractivity contribution in [3.05, 3.63) is 100 Å². The van der Waals surface area contributed by atoms with E-state index in [1.165, 1.54) is 12.0 Å². The van der Waals surface area contributed by atoms with Gasteiger partial charge in [-0.05, 0) is 54.4 Å². The first kappa shape index (κ1) is 21.0. The van der Waals surface area contributed by atoms with Crippen LogP contribution in [0.25, 0.3) is 0 Å². The molecule has 4 rings (SSSR count). The molecule has 0 saturated carbocycles. The van der Waals surface area contributed by atoms with Gasteiger partial charge in [-0.25, -0.2) is 4.79 Å². The minimum atomic E-state index is -0.476. The van der Waals surface area contributed by atoms with Crippen LogP contribution in [0, 0.1) is 6.92 Å². The van der Waals surface area contributed by atoms with Gasteiger partial charge in [0.15, 0.2) is 0 Å². The summed E-state index contributed by atoms with van der Waals surface area (Å²) in [6, 6.07) is 18.4. The molecule has 7 heteroatoms. The number of esters is 1. The van der Waals surface area contributed by atoms with Crippen molar-refractivity contribution in [1.29, 1.82) is 0 Å². The molecule has 0 bridgehead atoms. The molecule has 0 atom stereocenters. The lowest BCUT2D eigenvalue weighted by Crippen LogP contribution is -2.29. The molecule has 0 aliphatic carbocycles. The van der Waals surface area contributed by atoms with Crippen LogP contribution in [0.15, 0.2) is 66.7 Å². The van der Waals surface area contributed by atoms with E-state index in [0.29, 0.717) is 33.5 Å². The Morgan fingerprint density at radius 2 is 1.50 bits per heavy atom. The Morgan fingerprint density at radius 3 is 2.09 bits per heavy atom. The van der Waals surface area contributed by atoms with Crippen LogP contribution in [-0.2, 0) is 11.3 Å². The summed E-state index contributed by atoms with van der Waals surface area (Å²) < 4.78 is 4.76. The Kier molecular flexibility index (Phi) is 5.55. The van der Waals surface area contributed by atoms with Gasteiger partial charge in [0, 0.05) is 11.3 Å². The van der Waals surface area contributed by atoms with E-state index in [0.717, 1.165) is 5.56 Å². The molecule has 1 heterocycles. The summed E-state index contributed by atoms with van der Waals surface area (Å²) in [4.78, 5) is 50.8. The van der Waals surface area contributed by atoms with Gasteiger partial charge in [-0.3, -0.25) is 19.3 Å². The van der Waals surface area contributed by atoms with E-state index in [1.54, 1.807) is 73.7 Å². The van der Waals surface area contributed by atoms with Gasteiger partial charge in [0.1, 0.15) is 0 Å². The number of carbonyl (C=O) groups excluding carboxylic acids is 4. The molecule has 7 nitrogen and oxygen atoms in total. The molecule has 3 amide bonds. The molecule has 0 aromatic heterocycles. The molecular weight excluding hydrogens is 408 g/mol. The van der Waals surface area contributed by atoms with Crippen LogP contribution in [0.5, 0.6) is 0 Å². The number of nitrogens with one attached hydrogen (secondary N) is 1. The van der Waals surface area contributed by atoms with Crippen LogP contribution in [-0.4, -0.2) is 35.7 Å². The lowest BCUT2D eigenvalue weighted by atomic mass is 10.1. The SMILES string of the molecule is COC(=O)c1cccc(NC(=O)c2ccc(CN3C(=O)c4ccccc4C3=O)cc2)c1C. The fourth-order valence-corrected chi connectivity index (χ4v) is 3.62. The van der Waals surface area contributed by atoms with Crippen molar-refractivity contribution in [3.63, 3.8) is 0 Å². The van der Waals surface area contributed by atoms with Crippen LogP contribution >= 0.6 is 0 Å². The summed E-state index contributed by atoms with van der Waals surface area (Å²) in [5, 5.41) is 2.80. The predicted octanol–water partition coefficient (Wildman–Crippen LogP) is 3.83. The Morgan fingerprint density at radius 1 is 0.875 bits per heavy atom. The standard InChI is InChI=1S/C25H20N2O5/c1-15-18(25(31)32-2)8-5-9-21(15)26-22(28)17-12-10-16(11-13-17)14-27-23(29)19-6-3-4-7-20(19)24(27)30/h3-13H,14H2,1-2H3,(H,26,28). The molecule has 160 valence electrons. The summed E-state index contributed by atoms with van der Waals surface area (Å²) in [7, 11) is 1.30. The number of fused-ring (bicyclic) bond motifs is 1. The van der Waals surface area contributed by atoms with Gasteiger partial charge in [0.25, 0.3) is 17.7 Å². The van der Waals surface area contributed by atoms with Crippen molar-refractivity contribution in [2.75, 3.05) is 12.4 Å². The van der Waals surface area contributed by atoms with E-state index in [9.17, 15) is 19.2 Å². The second kappa shape index (κ2) is 8.47. The maximum absolute atomic E-state index is 12.7. The number of hydrogen-bond acceptors (Lipinski definition) is 5. The lowest BCUT2D eigenvalue weighted by molar-refractivity contribution is 0.0597. The summed E-state index contributed by atoms with van der Waals surface area (Å²) in [6.45, 7) is 1.85. The van der Waals surface area contributed by atoms with Gasteiger partial charge in [0.05, 0.1) is 30.3 Å². The van der Waals surface area contributed by atoms with Crippen LogP contribution in [0.1, 0.15) is 52.6 Å². The van der Waals surface area contributed by atoms with E-state index in [4.69, 9.17) is 4.74 Å². The average Bonchev–Trinajstić information content (AvgIpc) is 3.05. The molecule has 0 spiro atoms. The van der Waals surface area contributed by atoms with E-state index < -0.39 is 5.97 Å². The molecule has 0 fully saturated rings. The number of carbonyl (C=O) groups is 4. The smallest absolute Gasteiger partial charge is 0.338 e. The molecular formula is C25H20N2O5. The monoisotopic (exact) mass is 428 g/mol. The number of anilines is 1. The largest absolute Gasteiger partial charge is 0.465 e. The molecule has 3 aromatic carbocycles.